The predicted octanol–water partition coefficient (Wildman–Crippen LogP) is 2.54. The second-order valence-electron chi connectivity index (χ2n) is 3.81. The number of amides is 2. The number of hydrogen-bond acceptors (Lipinski definition) is 2. The average molecular weight is 222 g/mol. The second-order valence-corrected chi connectivity index (χ2v) is 3.81. The van der Waals surface area contributed by atoms with E-state index in [1.54, 1.807) is 0 Å². The van der Waals surface area contributed by atoms with Crippen molar-refractivity contribution in [1.29, 1.82) is 0 Å². The Hall–Kier alpha value is -1.55. The Morgan fingerprint density at radius 3 is 2.69 bits per heavy atom. The van der Waals surface area contributed by atoms with E-state index in [2.05, 4.69) is 24.5 Å². The molecule has 0 atom stereocenters. The number of carbonyl (C=O) groups is 1. The molecule has 0 aliphatic carbocycles. The van der Waals surface area contributed by atoms with Crippen molar-refractivity contribution in [2.75, 3.05) is 19.2 Å². The van der Waals surface area contributed by atoms with Crippen molar-refractivity contribution < 1.29 is 9.53 Å². The molecule has 0 fully saturated rings. The van der Waals surface area contributed by atoms with Crippen LogP contribution in [0.5, 0.6) is 0 Å². The number of hydrogen-bond donors (Lipinski definition) is 2. The van der Waals surface area contributed by atoms with Gasteiger partial charge in [-0.05, 0) is 17.5 Å². The van der Waals surface area contributed by atoms with Gasteiger partial charge in [0.2, 0.25) is 0 Å². The molecule has 0 aliphatic heterocycles. The first-order chi connectivity index (χ1) is 7.65. The molecular formula is C12H18N2O2. The third-order valence-electron chi connectivity index (χ3n) is 2.21. The van der Waals surface area contributed by atoms with Crippen LogP contribution in [0.2, 0.25) is 0 Å². The molecule has 0 saturated carbocycles. The molecule has 16 heavy (non-hydrogen) atoms. The van der Waals surface area contributed by atoms with Gasteiger partial charge in [-0.15, -0.1) is 0 Å². The summed E-state index contributed by atoms with van der Waals surface area (Å²) in [6.07, 6.45) is 0. The van der Waals surface area contributed by atoms with Gasteiger partial charge in [-0.2, -0.15) is 0 Å². The van der Waals surface area contributed by atoms with E-state index >= 15 is 0 Å². The van der Waals surface area contributed by atoms with Crippen molar-refractivity contribution in [3.8, 4) is 0 Å². The van der Waals surface area contributed by atoms with Crippen LogP contribution in [0.1, 0.15) is 25.3 Å². The maximum absolute atomic E-state index is 11.4. The summed E-state index contributed by atoms with van der Waals surface area (Å²) >= 11 is 0. The van der Waals surface area contributed by atoms with Crippen LogP contribution in [-0.2, 0) is 4.74 Å². The molecule has 0 unspecified atom stereocenters. The van der Waals surface area contributed by atoms with Crippen LogP contribution in [0.3, 0.4) is 0 Å². The number of methoxy groups -OCH3 is 1. The molecular weight excluding hydrogens is 204 g/mol. The highest BCUT2D eigenvalue weighted by Crippen LogP contribution is 2.23. The van der Waals surface area contributed by atoms with Crippen LogP contribution >= 0.6 is 0 Å². The van der Waals surface area contributed by atoms with Crippen molar-refractivity contribution in [1.82, 2.24) is 5.32 Å². The minimum Gasteiger partial charge on any atom is -0.364 e. The molecule has 4 heteroatoms. The van der Waals surface area contributed by atoms with Crippen LogP contribution in [0, 0.1) is 0 Å². The van der Waals surface area contributed by atoms with Crippen molar-refractivity contribution in [3.05, 3.63) is 29.8 Å². The van der Waals surface area contributed by atoms with Crippen LogP contribution in [0.4, 0.5) is 10.5 Å². The summed E-state index contributed by atoms with van der Waals surface area (Å²) in [5, 5.41) is 5.37. The standard InChI is InChI=1S/C12H18N2O2/c1-9(2)10-6-4-5-7-11(10)14-12(15)13-8-16-3/h4-7,9H,8H2,1-3H3,(H2,13,14,15). The maximum Gasteiger partial charge on any atom is 0.321 e. The average Bonchev–Trinajstić information content (AvgIpc) is 2.27. The van der Waals surface area contributed by atoms with Gasteiger partial charge in [-0.25, -0.2) is 4.79 Å². The van der Waals surface area contributed by atoms with Crippen molar-refractivity contribution in [2.45, 2.75) is 19.8 Å². The minimum absolute atomic E-state index is 0.204. The second kappa shape index (κ2) is 6.12. The lowest BCUT2D eigenvalue weighted by Crippen LogP contribution is -2.30. The summed E-state index contributed by atoms with van der Waals surface area (Å²) in [5.41, 5.74) is 1.96. The van der Waals surface area contributed by atoms with Crippen LogP contribution < -0.4 is 10.6 Å². The number of rotatable bonds is 4. The van der Waals surface area contributed by atoms with Gasteiger partial charge in [-0.1, -0.05) is 32.0 Å². The molecule has 0 spiro atoms. The SMILES string of the molecule is COCNC(=O)Nc1ccccc1C(C)C. The van der Waals surface area contributed by atoms with Crippen molar-refractivity contribution >= 4 is 11.7 Å². The number of anilines is 1. The zero-order valence-corrected chi connectivity index (χ0v) is 9.91. The van der Waals surface area contributed by atoms with Gasteiger partial charge >= 0.3 is 6.03 Å². The van der Waals surface area contributed by atoms with E-state index in [-0.39, 0.29) is 12.8 Å². The Morgan fingerprint density at radius 1 is 1.38 bits per heavy atom. The molecule has 0 aromatic heterocycles. The molecule has 0 bridgehead atoms. The van der Waals surface area contributed by atoms with Gasteiger partial charge in [0.05, 0.1) is 0 Å². The molecule has 0 radical (unpaired) electrons. The van der Waals surface area contributed by atoms with E-state index in [0.717, 1.165) is 11.3 Å². The Bertz CT molecular complexity index is 351. The molecule has 0 aliphatic rings. The van der Waals surface area contributed by atoms with Gasteiger partial charge < -0.3 is 15.4 Å². The lowest BCUT2D eigenvalue weighted by molar-refractivity contribution is 0.177. The van der Waals surface area contributed by atoms with Crippen LogP contribution in [-0.4, -0.2) is 19.9 Å². The Kier molecular flexibility index (Phi) is 4.79. The van der Waals surface area contributed by atoms with Crippen LogP contribution in [0.15, 0.2) is 24.3 Å². The third-order valence-corrected chi connectivity index (χ3v) is 2.21. The van der Waals surface area contributed by atoms with Gasteiger partial charge in [0.25, 0.3) is 0 Å². The highest BCUT2D eigenvalue weighted by molar-refractivity contribution is 5.90. The van der Waals surface area contributed by atoms with E-state index in [1.807, 2.05) is 24.3 Å². The zero-order valence-electron chi connectivity index (χ0n) is 9.91. The van der Waals surface area contributed by atoms with Crippen molar-refractivity contribution in [3.63, 3.8) is 0 Å². The molecule has 0 heterocycles. The molecule has 1 rings (SSSR count). The molecule has 4 nitrogen and oxygen atoms in total. The van der Waals surface area contributed by atoms with Gasteiger partial charge in [0, 0.05) is 12.8 Å². The Labute approximate surface area is 96.0 Å². The predicted molar refractivity (Wildman–Crippen MR) is 64.6 cm³/mol. The monoisotopic (exact) mass is 222 g/mol. The van der Waals surface area contributed by atoms with E-state index in [1.165, 1.54) is 7.11 Å². The normalized spacial score (nSPS) is 10.2. The Morgan fingerprint density at radius 2 is 2.06 bits per heavy atom. The first kappa shape index (κ1) is 12.5. The fourth-order valence-corrected chi connectivity index (χ4v) is 1.42. The number of nitrogens with one attached hydrogen (secondary N) is 2. The van der Waals surface area contributed by atoms with Crippen LogP contribution in [0.25, 0.3) is 0 Å². The molecule has 2 amide bonds. The number of ether oxygens (including phenoxy) is 1. The van der Waals surface area contributed by atoms with Gasteiger partial charge in [0.1, 0.15) is 6.73 Å². The van der Waals surface area contributed by atoms with E-state index < -0.39 is 0 Å². The molecule has 0 saturated heterocycles. The fourth-order valence-electron chi connectivity index (χ4n) is 1.42. The molecule has 2 N–H and O–H groups in total. The zero-order chi connectivity index (χ0) is 12.0. The summed E-state index contributed by atoms with van der Waals surface area (Å²) in [4.78, 5) is 11.4. The Balaban J connectivity index is 2.69. The van der Waals surface area contributed by atoms with E-state index in [9.17, 15) is 4.79 Å². The largest absolute Gasteiger partial charge is 0.364 e. The fraction of sp³-hybridized carbons (Fsp3) is 0.417. The first-order valence-electron chi connectivity index (χ1n) is 5.28. The summed E-state index contributed by atoms with van der Waals surface area (Å²) in [6, 6.07) is 7.51. The van der Waals surface area contributed by atoms with Gasteiger partial charge in [0.15, 0.2) is 0 Å². The van der Waals surface area contributed by atoms with E-state index in [4.69, 9.17) is 4.74 Å². The summed E-state index contributed by atoms with van der Waals surface area (Å²) in [5.74, 6) is 0.374. The lowest BCUT2D eigenvalue weighted by atomic mass is 10.0. The third kappa shape index (κ3) is 3.55. The number of carbonyl (C=O) groups excluding carboxylic acids is 1. The quantitative estimate of drug-likeness (QED) is 0.769. The summed E-state index contributed by atoms with van der Waals surface area (Å²) in [6.45, 7) is 4.39. The highest BCUT2D eigenvalue weighted by Gasteiger charge is 2.07. The topological polar surface area (TPSA) is 50.4 Å². The molecule has 88 valence electrons. The van der Waals surface area contributed by atoms with E-state index in [0.29, 0.717) is 5.92 Å². The summed E-state index contributed by atoms with van der Waals surface area (Å²) < 4.78 is 4.76. The van der Waals surface area contributed by atoms with Crippen molar-refractivity contribution in [2.24, 2.45) is 0 Å². The molecule has 1 aromatic rings. The maximum atomic E-state index is 11.4. The highest BCUT2D eigenvalue weighted by atomic mass is 16.5. The molecule has 1 aromatic carbocycles. The lowest BCUT2D eigenvalue weighted by Gasteiger charge is -2.13. The number of benzene rings is 1. The number of urea groups is 1. The smallest absolute Gasteiger partial charge is 0.321 e. The summed E-state index contributed by atoms with van der Waals surface area (Å²) in [7, 11) is 1.53. The number of para-hydroxylation sites is 1. The first-order valence-corrected chi connectivity index (χ1v) is 5.28. The minimum atomic E-state index is -0.255. The van der Waals surface area contributed by atoms with Gasteiger partial charge in [-0.3, -0.25) is 0 Å².